The number of nitrogens with zero attached hydrogens (tertiary/aromatic N) is 2. The highest BCUT2D eigenvalue weighted by atomic mass is 32.1. The van der Waals surface area contributed by atoms with Crippen LogP contribution in [0, 0.1) is 11.3 Å². The minimum atomic E-state index is 0.196. The maximum Gasteiger partial charge on any atom is 0.240 e. The molecular formula is C13H13N3O2S. The van der Waals surface area contributed by atoms with Gasteiger partial charge in [0.05, 0.1) is 11.0 Å². The zero-order chi connectivity index (χ0) is 13.1. The third-order valence-corrected chi connectivity index (χ3v) is 3.84. The first-order chi connectivity index (χ1) is 9.36. The van der Waals surface area contributed by atoms with Crippen molar-refractivity contribution in [2.75, 3.05) is 18.5 Å². The summed E-state index contributed by atoms with van der Waals surface area (Å²) >= 11 is 1.53. The average molecular weight is 275 g/mol. The van der Waals surface area contributed by atoms with Gasteiger partial charge >= 0.3 is 0 Å². The first kappa shape index (κ1) is 12.2. The van der Waals surface area contributed by atoms with E-state index >= 15 is 0 Å². The van der Waals surface area contributed by atoms with E-state index in [4.69, 9.17) is 14.4 Å². The summed E-state index contributed by atoms with van der Waals surface area (Å²) in [7, 11) is 0. The summed E-state index contributed by atoms with van der Waals surface area (Å²) in [5, 5.41) is 14.1. The van der Waals surface area contributed by atoms with Gasteiger partial charge in [0.15, 0.2) is 0 Å². The molecule has 0 saturated carbocycles. The van der Waals surface area contributed by atoms with Crippen LogP contribution in [0.25, 0.3) is 10.8 Å². The molecule has 98 valence electrons. The van der Waals surface area contributed by atoms with Crippen LogP contribution in [0.2, 0.25) is 0 Å². The maximum absolute atomic E-state index is 9.08. The zero-order valence-electron chi connectivity index (χ0n) is 10.3. The molecule has 0 aromatic carbocycles. The summed E-state index contributed by atoms with van der Waals surface area (Å²) in [5.74, 6) is 0.919. The summed E-state index contributed by atoms with van der Waals surface area (Å²) in [4.78, 5) is 5.11. The summed E-state index contributed by atoms with van der Waals surface area (Å²) in [5.41, 5.74) is 0.293. The molecule has 0 unspecified atom stereocenters. The van der Waals surface area contributed by atoms with Crippen LogP contribution in [-0.2, 0) is 4.74 Å². The molecule has 5 nitrogen and oxygen atoms in total. The smallest absolute Gasteiger partial charge is 0.240 e. The highest BCUT2D eigenvalue weighted by Gasteiger charge is 2.19. The highest BCUT2D eigenvalue weighted by molar-refractivity contribution is 7.13. The van der Waals surface area contributed by atoms with E-state index in [9.17, 15) is 0 Å². The lowest BCUT2D eigenvalue weighted by Gasteiger charge is -2.09. The predicted molar refractivity (Wildman–Crippen MR) is 72.0 cm³/mol. The molecule has 1 saturated heterocycles. The number of rotatable bonds is 4. The number of anilines is 1. The van der Waals surface area contributed by atoms with E-state index in [1.54, 1.807) is 0 Å². The van der Waals surface area contributed by atoms with E-state index in [0.29, 0.717) is 24.0 Å². The Morgan fingerprint density at radius 2 is 2.53 bits per heavy atom. The third-order valence-electron chi connectivity index (χ3n) is 2.98. The topological polar surface area (TPSA) is 71.1 Å². The molecule has 1 atom stereocenters. The molecule has 2 aromatic rings. The van der Waals surface area contributed by atoms with Crippen molar-refractivity contribution in [2.24, 2.45) is 0 Å². The molecule has 1 fully saturated rings. The van der Waals surface area contributed by atoms with Gasteiger partial charge < -0.3 is 14.5 Å². The van der Waals surface area contributed by atoms with Crippen molar-refractivity contribution in [1.82, 2.24) is 4.98 Å². The SMILES string of the molecule is N#Cc1nc(-c2cccs2)oc1NC[C@@H]1CCCO1. The van der Waals surface area contributed by atoms with E-state index in [0.717, 1.165) is 24.3 Å². The molecule has 0 spiro atoms. The molecule has 3 rings (SSSR count). The van der Waals surface area contributed by atoms with Crippen LogP contribution in [0.5, 0.6) is 0 Å². The number of oxazole rings is 1. The quantitative estimate of drug-likeness (QED) is 0.929. The lowest BCUT2D eigenvalue weighted by molar-refractivity contribution is 0.120. The fourth-order valence-electron chi connectivity index (χ4n) is 2.03. The second-order valence-corrected chi connectivity index (χ2v) is 5.25. The van der Waals surface area contributed by atoms with Gasteiger partial charge in [-0.1, -0.05) is 6.07 Å². The Kier molecular flexibility index (Phi) is 3.49. The van der Waals surface area contributed by atoms with Gasteiger partial charge in [0.25, 0.3) is 0 Å². The van der Waals surface area contributed by atoms with Crippen molar-refractivity contribution >= 4 is 17.2 Å². The molecule has 2 aromatic heterocycles. The molecule has 0 aliphatic carbocycles. The molecule has 6 heteroatoms. The molecule has 0 radical (unpaired) electrons. The van der Waals surface area contributed by atoms with Crippen molar-refractivity contribution < 1.29 is 9.15 Å². The van der Waals surface area contributed by atoms with Crippen LogP contribution in [0.1, 0.15) is 18.5 Å². The second kappa shape index (κ2) is 5.43. The van der Waals surface area contributed by atoms with Crippen molar-refractivity contribution in [3.63, 3.8) is 0 Å². The van der Waals surface area contributed by atoms with Gasteiger partial charge in [0.1, 0.15) is 6.07 Å². The van der Waals surface area contributed by atoms with Crippen molar-refractivity contribution in [1.29, 1.82) is 5.26 Å². The Morgan fingerprint density at radius 3 is 3.21 bits per heavy atom. The van der Waals surface area contributed by atoms with Gasteiger partial charge in [0.2, 0.25) is 17.5 Å². The van der Waals surface area contributed by atoms with Gasteiger partial charge in [-0.25, -0.2) is 0 Å². The van der Waals surface area contributed by atoms with Gasteiger partial charge in [-0.3, -0.25) is 0 Å². The summed E-state index contributed by atoms with van der Waals surface area (Å²) in [6, 6.07) is 5.89. The number of hydrogen-bond acceptors (Lipinski definition) is 6. The first-order valence-electron chi connectivity index (χ1n) is 6.17. The third kappa shape index (κ3) is 2.62. The van der Waals surface area contributed by atoms with Crippen LogP contribution in [0.3, 0.4) is 0 Å². The lowest BCUT2D eigenvalue weighted by atomic mass is 10.2. The molecule has 0 amide bonds. The Morgan fingerprint density at radius 1 is 1.58 bits per heavy atom. The number of ether oxygens (including phenoxy) is 1. The number of nitriles is 1. The largest absolute Gasteiger partial charge is 0.418 e. The van der Waals surface area contributed by atoms with Crippen molar-refractivity contribution in [3.8, 4) is 16.8 Å². The number of aromatic nitrogens is 1. The first-order valence-corrected chi connectivity index (χ1v) is 7.05. The molecule has 1 N–H and O–H groups in total. The second-order valence-electron chi connectivity index (χ2n) is 4.30. The Balaban J connectivity index is 1.75. The lowest BCUT2D eigenvalue weighted by Crippen LogP contribution is -2.18. The van der Waals surface area contributed by atoms with Crippen LogP contribution < -0.4 is 5.32 Å². The van der Waals surface area contributed by atoms with Crippen LogP contribution in [0.15, 0.2) is 21.9 Å². The Hall–Kier alpha value is -1.84. The average Bonchev–Trinajstić information content (AvgIpc) is 3.16. The standard InChI is InChI=1S/C13H13N3O2S/c14-7-10-12(15-8-9-3-1-5-17-9)18-13(16-10)11-4-2-6-19-11/h2,4,6,9,15H,1,3,5,8H2/t9-/m0/s1. The van der Waals surface area contributed by atoms with Gasteiger partial charge in [-0.05, 0) is 24.3 Å². The van der Waals surface area contributed by atoms with E-state index < -0.39 is 0 Å². The Labute approximate surface area is 114 Å². The Bertz CT molecular complexity index is 580. The van der Waals surface area contributed by atoms with Crippen molar-refractivity contribution in [3.05, 3.63) is 23.2 Å². The minimum absolute atomic E-state index is 0.196. The number of nitrogens with one attached hydrogen (secondary N) is 1. The van der Waals surface area contributed by atoms with E-state index in [-0.39, 0.29) is 6.10 Å². The van der Waals surface area contributed by atoms with Crippen LogP contribution >= 0.6 is 11.3 Å². The summed E-state index contributed by atoms with van der Waals surface area (Å²) < 4.78 is 11.1. The summed E-state index contributed by atoms with van der Waals surface area (Å²) in [6.45, 7) is 1.46. The van der Waals surface area contributed by atoms with E-state index in [2.05, 4.69) is 10.3 Å². The molecule has 3 heterocycles. The molecule has 19 heavy (non-hydrogen) atoms. The van der Waals surface area contributed by atoms with E-state index in [1.807, 2.05) is 23.6 Å². The van der Waals surface area contributed by atoms with Gasteiger partial charge in [-0.15, -0.1) is 11.3 Å². The predicted octanol–water partition coefficient (Wildman–Crippen LogP) is 2.87. The fourth-order valence-corrected chi connectivity index (χ4v) is 2.68. The minimum Gasteiger partial charge on any atom is -0.418 e. The van der Waals surface area contributed by atoms with E-state index in [1.165, 1.54) is 11.3 Å². The molecule has 1 aliphatic rings. The molecule has 1 aliphatic heterocycles. The van der Waals surface area contributed by atoms with Gasteiger partial charge in [-0.2, -0.15) is 10.2 Å². The molecular weight excluding hydrogens is 262 g/mol. The molecule has 0 bridgehead atoms. The highest BCUT2D eigenvalue weighted by Crippen LogP contribution is 2.28. The van der Waals surface area contributed by atoms with Crippen molar-refractivity contribution in [2.45, 2.75) is 18.9 Å². The maximum atomic E-state index is 9.08. The van der Waals surface area contributed by atoms with Crippen LogP contribution in [-0.4, -0.2) is 24.2 Å². The zero-order valence-corrected chi connectivity index (χ0v) is 11.1. The van der Waals surface area contributed by atoms with Gasteiger partial charge in [0, 0.05) is 13.2 Å². The van der Waals surface area contributed by atoms with Crippen LogP contribution in [0.4, 0.5) is 5.88 Å². The summed E-state index contributed by atoms with van der Waals surface area (Å²) in [6.07, 6.45) is 2.33. The number of thiophene rings is 1. The normalized spacial score (nSPS) is 18.4. The fraction of sp³-hybridized carbons (Fsp3) is 0.385. The monoisotopic (exact) mass is 275 g/mol. The number of hydrogen-bond donors (Lipinski definition) is 1.